The Kier molecular flexibility index (Phi) is 3.40. The number of fused-ring (bicyclic) bond motifs is 1. The zero-order valence-corrected chi connectivity index (χ0v) is 12.8. The maximum Gasteiger partial charge on any atom is 0.317 e. The van der Waals surface area contributed by atoms with E-state index in [1.54, 1.807) is 12.4 Å². The lowest BCUT2D eigenvalue weighted by Crippen LogP contribution is -2.47. The number of carbonyl (C=O) groups is 2. The number of nitrogens with one attached hydrogen (secondary N) is 2. The van der Waals surface area contributed by atoms with Crippen LogP contribution < -0.4 is 5.32 Å². The zero-order valence-electron chi connectivity index (χ0n) is 12.8. The number of hydrogen-bond donors (Lipinski definition) is 2. The topological polar surface area (TPSA) is 81.3 Å². The Bertz CT molecular complexity index is 748. The van der Waals surface area contributed by atoms with Crippen molar-refractivity contribution in [2.24, 2.45) is 0 Å². The Balaban J connectivity index is 1.46. The summed E-state index contributed by atoms with van der Waals surface area (Å²) in [5.41, 5.74) is 1.41. The summed E-state index contributed by atoms with van der Waals surface area (Å²) < 4.78 is 0. The van der Waals surface area contributed by atoms with Crippen LogP contribution in [0, 0.1) is 0 Å². The van der Waals surface area contributed by atoms with Gasteiger partial charge in [0.15, 0.2) is 0 Å². The molecule has 0 radical (unpaired) electrons. The van der Waals surface area contributed by atoms with Crippen LogP contribution in [-0.2, 0) is 0 Å². The van der Waals surface area contributed by atoms with Crippen molar-refractivity contribution in [1.29, 1.82) is 0 Å². The number of likely N-dealkylation sites (tertiary alicyclic amines) is 1. The van der Waals surface area contributed by atoms with Gasteiger partial charge >= 0.3 is 6.03 Å². The number of H-pyrrole nitrogens is 1. The summed E-state index contributed by atoms with van der Waals surface area (Å²) >= 11 is 0. The molecule has 2 aromatic heterocycles. The average molecular weight is 313 g/mol. The van der Waals surface area contributed by atoms with E-state index in [-0.39, 0.29) is 18.0 Å². The van der Waals surface area contributed by atoms with Gasteiger partial charge in [0.05, 0.1) is 5.56 Å². The molecule has 4 heterocycles. The smallest absolute Gasteiger partial charge is 0.317 e. The number of amides is 3. The second kappa shape index (κ2) is 5.57. The summed E-state index contributed by atoms with van der Waals surface area (Å²) in [7, 11) is 0. The quantitative estimate of drug-likeness (QED) is 0.874. The normalized spacial score (nSPS) is 19.4. The second-order valence-electron chi connectivity index (χ2n) is 6.05. The van der Waals surface area contributed by atoms with Gasteiger partial charge in [0.25, 0.3) is 5.91 Å². The van der Waals surface area contributed by atoms with Gasteiger partial charge in [-0.15, -0.1) is 0 Å². The molecule has 120 valence electrons. The summed E-state index contributed by atoms with van der Waals surface area (Å²) in [6.45, 7) is 2.85. The molecule has 0 spiro atoms. The van der Waals surface area contributed by atoms with Crippen LogP contribution in [0.3, 0.4) is 0 Å². The minimum Gasteiger partial charge on any atom is -0.345 e. The minimum atomic E-state index is 0.0254. The first-order valence-electron chi connectivity index (χ1n) is 8.00. The summed E-state index contributed by atoms with van der Waals surface area (Å²) in [6.07, 6.45) is 5.11. The lowest BCUT2D eigenvalue weighted by Gasteiger charge is -2.36. The number of hydrogen-bond acceptors (Lipinski definition) is 3. The van der Waals surface area contributed by atoms with Crippen LogP contribution in [0.25, 0.3) is 11.0 Å². The molecule has 4 rings (SSSR count). The van der Waals surface area contributed by atoms with Crippen molar-refractivity contribution in [3.05, 3.63) is 30.1 Å². The van der Waals surface area contributed by atoms with Gasteiger partial charge < -0.3 is 20.1 Å². The molecule has 3 amide bonds. The molecule has 23 heavy (non-hydrogen) atoms. The van der Waals surface area contributed by atoms with Crippen molar-refractivity contribution in [2.75, 3.05) is 26.2 Å². The Morgan fingerprint density at radius 1 is 1.26 bits per heavy atom. The molecule has 0 saturated carbocycles. The van der Waals surface area contributed by atoms with Crippen molar-refractivity contribution in [3.8, 4) is 0 Å². The second-order valence-corrected chi connectivity index (χ2v) is 6.05. The lowest BCUT2D eigenvalue weighted by atomic mass is 10.0. The Hall–Kier alpha value is -2.57. The van der Waals surface area contributed by atoms with Crippen LogP contribution in [-0.4, -0.2) is 63.9 Å². The van der Waals surface area contributed by atoms with E-state index in [0.717, 1.165) is 37.0 Å². The highest BCUT2D eigenvalue weighted by Crippen LogP contribution is 2.22. The fourth-order valence-electron chi connectivity index (χ4n) is 3.52. The van der Waals surface area contributed by atoms with Gasteiger partial charge in [0.2, 0.25) is 0 Å². The van der Waals surface area contributed by atoms with Gasteiger partial charge in [-0.3, -0.25) is 4.79 Å². The third-order valence-electron chi connectivity index (χ3n) is 4.76. The van der Waals surface area contributed by atoms with Crippen LogP contribution >= 0.6 is 0 Å². The van der Waals surface area contributed by atoms with E-state index < -0.39 is 0 Å². The molecule has 0 aliphatic carbocycles. The van der Waals surface area contributed by atoms with Gasteiger partial charge in [0, 0.05) is 50.0 Å². The first-order valence-corrected chi connectivity index (χ1v) is 8.00. The van der Waals surface area contributed by atoms with E-state index in [1.165, 1.54) is 0 Å². The first kappa shape index (κ1) is 14.0. The number of rotatable bonds is 2. The zero-order chi connectivity index (χ0) is 15.8. The minimum absolute atomic E-state index is 0.0254. The van der Waals surface area contributed by atoms with Crippen molar-refractivity contribution >= 4 is 23.0 Å². The molecule has 7 nitrogen and oxygen atoms in total. The van der Waals surface area contributed by atoms with Crippen molar-refractivity contribution in [3.63, 3.8) is 0 Å². The molecule has 7 heteroatoms. The van der Waals surface area contributed by atoms with Gasteiger partial charge in [0.1, 0.15) is 5.65 Å². The molecule has 2 aromatic rings. The standard InChI is InChI=1S/C16H19N5O2/c22-15(13-10-19-14-12(13)2-1-5-17-14)20-7-3-11(4-8-20)21-9-6-18-16(21)23/h1-2,5,10-11H,3-4,6-9H2,(H,17,19)(H,18,23). The van der Waals surface area contributed by atoms with Crippen molar-refractivity contribution in [2.45, 2.75) is 18.9 Å². The van der Waals surface area contributed by atoms with Crippen LogP contribution in [0.4, 0.5) is 4.79 Å². The highest BCUT2D eigenvalue weighted by molar-refractivity contribution is 6.05. The summed E-state index contributed by atoms with van der Waals surface area (Å²) in [5, 5.41) is 3.70. The highest BCUT2D eigenvalue weighted by Gasteiger charge is 2.32. The lowest BCUT2D eigenvalue weighted by molar-refractivity contribution is 0.0668. The highest BCUT2D eigenvalue weighted by atomic mass is 16.2. The molecule has 0 unspecified atom stereocenters. The molecular weight excluding hydrogens is 294 g/mol. The average Bonchev–Trinajstić information content (AvgIpc) is 3.20. The molecule has 2 fully saturated rings. The predicted octanol–water partition coefficient (Wildman–Crippen LogP) is 1.19. The third-order valence-corrected chi connectivity index (χ3v) is 4.76. The first-order chi connectivity index (χ1) is 11.2. The molecule has 0 atom stereocenters. The van der Waals surface area contributed by atoms with Gasteiger partial charge in [-0.05, 0) is 25.0 Å². The monoisotopic (exact) mass is 313 g/mol. The third kappa shape index (κ3) is 2.42. The Labute approximate surface area is 133 Å². The number of aromatic amines is 1. The predicted molar refractivity (Wildman–Crippen MR) is 85.1 cm³/mol. The Morgan fingerprint density at radius 2 is 2.09 bits per heavy atom. The number of piperidine rings is 1. The van der Waals surface area contributed by atoms with E-state index in [9.17, 15) is 9.59 Å². The van der Waals surface area contributed by atoms with Crippen LogP contribution in [0.2, 0.25) is 0 Å². The van der Waals surface area contributed by atoms with Gasteiger partial charge in [-0.25, -0.2) is 9.78 Å². The van der Waals surface area contributed by atoms with E-state index in [2.05, 4.69) is 15.3 Å². The van der Waals surface area contributed by atoms with E-state index in [4.69, 9.17) is 0 Å². The van der Waals surface area contributed by atoms with Gasteiger partial charge in [-0.1, -0.05) is 0 Å². The molecule has 2 aliphatic heterocycles. The fraction of sp³-hybridized carbons (Fsp3) is 0.438. The molecule has 2 saturated heterocycles. The fourth-order valence-corrected chi connectivity index (χ4v) is 3.52. The SMILES string of the molecule is O=C(c1c[nH]c2ncccc12)N1CCC(N2CCNC2=O)CC1. The summed E-state index contributed by atoms with van der Waals surface area (Å²) in [5.74, 6) is 0.0357. The number of pyridine rings is 1. The van der Waals surface area contributed by atoms with Crippen LogP contribution in [0.5, 0.6) is 0 Å². The summed E-state index contributed by atoms with van der Waals surface area (Å²) in [4.78, 5) is 35.5. The maximum absolute atomic E-state index is 12.8. The number of nitrogens with zero attached hydrogens (tertiary/aromatic N) is 3. The molecule has 2 aliphatic rings. The molecular formula is C16H19N5O2. The largest absolute Gasteiger partial charge is 0.345 e. The van der Waals surface area contributed by atoms with Crippen molar-refractivity contribution in [1.82, 2.24) is 25.1 Å². The van der Waals surface area contributed by atoms with E-state index >= 15 is 0 Å². The van der Waals surface area contributed by atoms with Gasteiger partial charge in [-0.2, -0.15) is 0 Å². The molecule has 2 N–H and O–H groups in total. The van der Waals surface area contributed by atoms with Crippen LogP contribution in [0.1, 0.15) is 23.2 Å². The van der Waals surface area contributed by atoms with Crippen molar-refractivity contribution < 1.29 is 9.59 Å². The van der Waals surface area contributed by atoms with E-state index in [1.807, 2.05) is 21.9 Å². The maximum atomic E-state index is 12.8. The Morgan fingerprint density at radius 3 is 2.83 bits per heavy atom. The number of carbonyl (C=O) groups excluding carboxylic acids is 2. The summed E-state index contributed by atoms with van der Waals surface area (Å²) in [6, 6.07) is 4.02. The number of aromatic nitrogens is 2. The molecule has 0 aromatic carbocycles. The number of urea groups is 1. The molecule has 0 bridgehead atoms. The van der Waals surface area contributed by atoms with E-state index in [0.29, 0.717) is 18.7 Å². The van der Waals surface area contributed by atoms with Crippen LogP contribution in [0.15, 0.2) is 24.5 Å².